The van der Waals surface area contributed by atoms with E-state index in [-0.39, 0.29) is 29.7 Å². The lowest BCUT2D eigenvalue weighted by Crippen LogP contribution is -2.25. The van der Waals surface area contributed by atoms with Crippen molar-refractivity contribution in [2.45, 2.75) is 46.6 Å². The molecule has 11 heteroatoms. The second-order valence-corrected chi connectivity index (χ2v) is 9.50. The molecule has 0 fully saturated rings. The number of aryl methyl sites for hydroxylation is 1. The maximum atomic E-state index is 13.8. The fraction of sp³-hybridized carbons (Fsp3) is 0.296. The molecule has 3 rings (SSSR count). The van der Waals surface area contributed by atoms with Crippen LogP contribution in [-0.4, -0.2) is 37.4 Å². The molecular weight excluding hydrogens is 516 g/mol. The quantitative estimate of drug-likeness (QED) is 0.376. The Morgan fingerprint density at radius 1 is 1.29 bits per heavy atom. The van der Waals surface area contributed by atoms with Gasteiger partial charge in [-0.1, -0.05) is 31.5 Å². The number of hydrogen-bond acceptors (Lipinski definition) is 7. The van der Waals surface area contributed by atoms with Crippen LogP contribution in [-0.2, 0) is 12.0 Å². The predicted octanol–water partition coefficient (Wildman–Crippen LogP) is 5.11. The number of aliphatic imine (C=N–C) groups is 1. The first-order valence-electron chi connectivity index (χ1n) is 11.6. The molecule has 200 valence electrons. The summed E-state index contributed by atoms with van der Waals surface area (Å²) in [5, 5.41) is 9.43. The zero-order valence-electron chi connectivity index (χ0n) is 21.7. The smallest absolute Gasteiger partial charge is 0.277 e. The van der Waals surface area contributed by atoms with E-state index in [0.29, 0.717) is 34.5 Å². The second-order valence-electron chi connectivity index (χ2n) is 9.12. The topological polar surface area (TPSA) is 102 Å². The van der Waals surface area contributed by atoms with Gasteiger partial charge in [0.2, 0.25) is 0 Å². The SMILES string of the molecule is C\C=C(/N=C\C(C)=C\n1c(C)cc(OCc2ncc(F)cc2F)c(Cl)c1=O)c1ccnc(C(C)(C)CO)n1. The molecule has 1 N–H and O–H groups in total. The van der Waals surface area contributed by atoms with Crippen LogP contribution in [0.1, 0.15) is 50.6 Å². The summed E-state index contributed by atoms with van der Waals surface area (Å²) in [5.41, 5.74) is 1.06. The summed E-state index contributed by atoms with van der Waals surface area (Å²) in [6.07, 6.45) is 7.44. The van der Waals surface area contributed by atoms with Crippen LogP contribution in [0.5, 0.6) is 5.75 Å². The molecule has 0 unspecified atom stereocenters. The summed E-state index contributed by atoms with van der Waals surface area (Å²) in [4.78, 5) is 29.9. The second kappa shape index (κ2) is 12.2. The lowest BCUT2D eigenvalue weighted by atomic mass is 9.93. The van der Waals surface area contributed by atoms with Gasteiger partial charge in [-0.2, -0.15) is 0 Å². The van der Waals surface area contributed by atoms with Crippen LogP contribution in [0.4, 0.5) is 8.78 Å². The Hall–Kier alpha value is -3.76. The van der Waals surface area contributed by atoms with E-state index in [9.17, 15) is 18.7 Å². The van der Waals surface area contributed by atoms with E-state index < -0.39 is 22.6 Å². The van der Waals surface area contributed by atoms with Crippen molar-refractivity contribution in [3.8, 4) is 5.75 Å². The van der Waals surface area contributed by atoms with E-state index >= 15 is 0 Å². The van der Waals surface area contributed by atoms with Gasteiger partial charge in [0.1, 0.15) is 34.7 Å². The van der Waals surface area contributed by atoms with Crippen LogP contribution in [0.25, 0.3) is 11.9 Å². The first-order valence-corrected chi connectivity index (χ1v) is 12.0. The van der Waals surface area contributed by atoms with Crippen molar-refractivity contribution in [1.82, 2.24) is 19.5 Å². The third-order valence-electron chi connectivity index (χ3n) is 5.52. The Bertz CT molecular complexity index is 1480. The summed E-state index contributed by atoms with van der Waals surface area (Å²) < 4.78 is 33.8. The van der Waals surface area contributed by atoms with Gasteiger partial charge in [0.25, 0.3) is 5.56 Å². The highest BCUT2D eigenvalue weighted by Crippen LogP contribution is 2.24. The molecule has 3 heterocycles. The van der Waals surface area contributed by atoms with Crippen LogP contribution in [0.15, 0.2) is 52.0 Å². The Labute approximate surface area is 224 Å². The highest BCUT2D eigenvalue weighted by atomic mass is 35.5. The number of pyridine rings is 2. The Morgan fingerprint density at radius 2 is 2.03 bits per heavy atom. The summed E-state index contributed by atoms with van der Waals surface area (Å²) in [5.74, 6) is -1.11. The lowest BCUT2D eigenvalue weighted by Gasteiger charge is -2.19. The predicted molar refractivity (Wildman–Crippen MR) is 143 cm³/mol. The van der Waals surface area contributed by atoms with Gasteiger partial charge < -0.3 is 9.84 Å². The standard InChI is InChI=1S/C27H28ClF2N5O3/c1-6-20(21-7-8-31-26(34-21)27(4,5)15-36)32-11-16(2)13-35-17(3)9-23(24(28)25(35)37)38-14-22-19(30)10-18(29)12-33-22/h6-13,36H,14-15H2,1-5H3/b16-13+,20-6-,32-11-. The molecule has 3 aromatic rings. The number of aliphatic hydroxyl groups excluding tert-OH is 1. The summed E-state index contributed by atoms with van der Waals surface area (Å²) >= 11 is 6.24. The minimum Gasteiger partial charge on any atom is -0.485 e. The van der Waals surface area contributed by atoms with Gasteiger partial charge in [0.05, 0.1) is 24.2 Å². The van der Waals surface area contributed by atoms with Crippen LogP contribution in [0.2, 0.25) is 5.02 Å². The number of aliphatic hydroxyl groups is 1. The van der Waals surface area contributed by atoms with Crippen LogP contribution in [0.3, 0.4) is 0 Å². The number of rotatable bonds is 9. The maximum absolute atomic E-state index is 13.8. The minimum atomic E-state index is -0.861. The van der Waals surface area contributed by atoms with Gasteiger partial charge in [-0.15, -0.1) is 0 Å². The highest BCUT2D eigenvalue weighted by molar-refractivity contribution is 6.31. The van der Waals surface area contributed by atoms with Crippen LogP contribution >= 0.6 is 11.6 Å². The van der Waals surface area contributed by atoms with E-state index in [1.165, 1.54) is 10.6 Å². The number of allylic oxidation sites excluding steroid dienone is 2. The highest BCUT2D eigenvalue weighted by Gasteiger charge is 2.23. The molecule has 0 aliphatic heterocycles. The normalized spacial score (nSPS) is 12.9. The molecule has 0 spiro atoms. The molecule has 0 radical (unpaired) electrons. The molecule has 0 amide bonds. The van der Waals surface area contributed by atoms with Crippen molar-refractivity contribution in [3.63, 3.8) is 0 Å². The van der Waals surface area contributed by atoms with Gasteiger partial charge in [0.15, 0.2) is 5.82 Å². The number of hydrogen-bond donors (Lipinski definition) is 1. The summed E-state index contributed by atoms with van der Waals surface area (Å²) in [6.45, 7) is 8.53. The molecule has 0 aliphatic carbocycles. The molecule has 0 bridgehead atoms. The van der Waals surface area contributed by atoms with Gasteiger partial charge in [-0.05, 0) is 32.4 Å². The van der Waals surface area contributed by atoms with Crippen molar-refractivity contribution in [3.05, 3.63) is 92.2 Å². The number of aromatic nitrogens is 4. The molecule has 0 saturated heterocycles. The molecule has 8 nitrogen and oxygen atoms in total. The average molecular weight is 544 g/mol. The van der Waals surface area contributed by atoms with Crippen molar-refractivity contribution < 1.29 is 18.6 Å². The fourth-order valence-electron chi connectivity index (χ4n) is 3.25. The van der Waals surface area contributed by atoms with Crippen molar-refractivity contribution in [2.75, 3.05) is 6.61 Å². The Balaban J connectivity index is 1.82. The first-order chi connectivity index (χ1) is 18.0. The van der Waals surface area contributed by atoms with Crippen molar-refractivity contribution in [2.24, 2.45) is 4.99 Å². The molecule has 0 saturated carbocycles. The fourth-order valence-corrected chi connectivity index (χ4v) is 3.45. The van der Waals surface area contributed by atoms with Crippen molar-refractivity contribution in [1.29, 1.82) is 0 Å². The summed E-state index contributed by atoms with van der Waals surface area (Å²) in [7, 11) is 0. The third-order valence-corrected chi connectivity index (χ3v) is 5.87. The van der Waals surface area contributed by atoms with E-state index in [0.717, 1.165) is 6.20 Å². The van der Waals surface area contributed by atoms with Crippen molar-refractivity contribution >= 4 is 29.7 Å². The number of halogens is 3. The van der Waals surface area contributed by atoms with E-state index in [2.05, 4.69) is 19.9 Å². The summed E-state index contributed by atoms with van der Waals surface area (Å²) in [6, 6.07) is 3.96. The van der Waals surface area contributed by atoms with Gasteiger partial charge >= 0.3 is 0 Å². The number of ether oxygens (including phenoxy) is 1. The zero-order valence-corrected chi connectivity index (χ0v) is 22.4. The zero-order chi connectivity index (χ0) is 28.0. The minimum absolute atomic E-state index is 0.0530. The molecule has 0 aliphatic rings. The van der Waals surface area contributed by atoms with Crippen LogP contribution in [0, 0.1) is 18.6 Å². The van der Waals surface area contributed by atoms with Crippen LogP contribution < -0.4 is 10.3 Å². The lowest BCUT2D eigenvalue weighted by molar-refractivity contribution is 0.211. The van der Waals surface area contributed by atoms with Gasteiger partial charge in [0, 0.05) is 41.9 Å². The Morgan fingerprint density at radius 3 is 2.68 bits per heavy atom. The molecule has 38 heavy (non-hydrogen) atoms. The monoisotopic (exact) mass is 543 g/mol. The molecule has 0 atom stereocenters. The first kappa shape index (κ1) is 28.8. The molecular formula is C27H28ClF2N5O3. The molecule has 0 aromatic carbocycles. The van der Waals surface area contributed by atoms with E-state index in [1.807, 2.05) is 20.8 Å². The number of nitrogens with zero attached hydrogens (tertiary/aromatic N) is 5. The third kappa shape index (κ3) is 6.76. The Kier molecular flexibility index (Phi) is 9.24. The van der Waals surface area contributed by atoms with E-state index in [4.69, 9.17) is 16.3 Å². The largest absolute Gasteiger partial charge is 0.485 e. The average Bonchev–Trinajstić information content (AvgIpc) is 2.89. The van der Waals surface area contributed by atoms with Gasteiger partial charge in [-0.25, -0.2) is 18.7 Å². The molecule has 3 aromatic heterocycles. The van der Waals surface area contributed by atoms with E-state index in [1.54, 1.807) is 44.6 Å². The maximum Gasteiger partial charge on any atom is 0.277 e. The van der Waals surface area contributed by atoms with Gasteiger partial charge in [-0.3, -0.25) is 19.3 Å².